The van der Waals surface area contributed by atoms with Crippen molar-refractivity contribution in [3.8, 4) is 16.9 Å². The van der Waals surface area contributed by atoms with Crippen LogP contribution in [0.2, 0.25) is 0 Å². The third-order valence-corrected chi connectivity index (χ3v) is 4.71. The van der Waals surface area contributed by atoms with Gasteiger partial charge < -0.3 is 15.4 Å². The number of carbonyl (C=O) groups is 1. The molecule has 7 heteroatoms. The highest BCUT2D eigenvalue weighted by Crippen LogP contribution is 2.33. The number of nitro groups is 1. The predicted molar refractivity (Wildman–Crippen MR) is 97.7 cm³/mol. The number of nitro benzene ring substituents is 1. The van der Waals surface area contributed by atoms with Crippen LogP contribution in [0, 0.1) is 10.1 Å². The molecule has 1 aliphatic rings. The summed E-state index contributed by atoms with van der Waals surface area (Å²) in [6.07, 6.45) is 1.30. The highest BCUT2D eigenvalue weighted by atomic mass is 16.6. The van der Waals surface area contributed by atoms with Crippen LogP contribution in [-0.4, -0.2) is 35.4 Å². The SMILES string of the molecule is COc1ccc(CN2C(=O)CCC2CN)cc1-c1cccc([N+](=O)[O-])c1. The van der Waals surface area contributed by atoms with Gasteiger partial charge in [-0.2, -0.15) is 0 Å². The summed E-state index contributed by atoms with van der Waals surface area (Å²) in [5, 5.41) is 11.1. The number of hydrogen-bond acceptors (Lipinski definition) is 5. The summed E-state index contributed by atoms with van der Waals surface area (Å²) in [6, 6.07) is 12.1. The van der Waals surface area contributed by atoms with Crippen molar-refractivity contribution in [3.63, 3.8) is 0 Å². The minimum absolute atomic E-state index is 0.0212. The molecule has 0 aliphatic carbocycles. The fraction of sp³-hybridized carbons (Fsp3) is 0.316. The molecule has 0 radical (unpaired) electrons. The van der Waals surface area contributed by atoms with E-state index in [1.54, 1.807) is 24.1 Å². The van der Waals surface area contributed by atoms with E-state index >= 15 is 0 Å². The first-order chi connectivity index (χ1) is 12.5. The van der Waals surface area contributed by atoms with E-state index in [1.165, 1.54) is 12.1 Å². The van der Waals surface area contributed by atoms with Crippen molar-refractivity contribution in [2.45, 2.75) is 25.4 Å². The topological polar surface area (TPSA) is 98.7 Å². The van der Waals surface area contributed by atoms with E-state index in [4.69, 9.17) is 10.5 Å². The Kier molecular flexibility index (Phi) is 5.18. The molecule has 1 saturated heterocycles. The van der Waals surface area contributed by atoms with Gasteiger partial charge in [-0.3, -0.25) is 14.9 Å². The van der Waals surface area contributed by atoms with Gasteiger partial charge in [-0.05, 0) is 29.7 Å². The minimum Gasteiger partial charge on any atom is -0.496 e. The van der Waals surface area contributed by atoms with Gasteiger partial charge in [0.15, 0.2) is 0 Å². The Hall–Kier alpha value is -2.93. The van der Waals surface area contributed by atoms with E-state index in [2.05, 4.69) is 0 Å². The molecule has 0 spiro atoms. The van der Waals surface area contributed by atoms with E-state index in [0.717, 1.165) is 17.5 Å². The maximum atomic E-state index is 12.1. The molecule has 26 heavy (non-hydrogen) atoms. The quantitative estimate of drug-likeness (QED) is 0.634. The second-order valence-corrected chi connectivity index (χ2v) is 6.29. The molecule has 2 N–H and O–H groups in total. The lowest BCUT2D eigenvalue weighted by molar-refractivity contribution is -0.384. The molecular formula is C19H21N3O4. The molecule has 2 aromatic rings. The Morgan fingerprint density at radius 2 is 2.12 bits per heavy atom. The highest BCUT2D eigenvalue weighted by molar-refractivity contribution is 5.79. The zero-order valence-corrected chi connectivity index (χ0v) is 14.6. The second kappa shape index (κ2) is 7.53. The third-order valence-electron chi connectivity index (χ3n) is 4.71. The van der Waals surface area contributed by atoms with Gasteiger partial charge >= 0.3 is 0 Å². The van der Waals surface area contributed by atoms with E-state index in [0.29, 0.717) is 30.8 Å². The van der Waals surface area contributed by atoms with Gasteiger partial charge in [0.2, 0.25) is 5.91 Å². The Morgan fingerprint density at radius 3 is 2.81 bits per heavy atom. The first kappa shape index (κ1) is 17.9. The van der Waals surface area contributed by atoms with Crippen LogP contribution < -0.4 is 10.5 Å². The average Bonchev–Trinajstić information content (AvgIpc) is 3.01. The first-order valence-electron chi connectivity index (χ1n) is 8.44. The average molecular weight is 355 g/mol. The summed E-state index contributed by atoms with van der Waals surface area (Å²) in [6.45, 7) is 0.909. The number of likely N-dealkylation sites (tertiary alicyclic amines) is 1. The molecule has 0 saturated carbocycles. The van der Waals surface area contributed by atoms with Gasteiger partial charge in [0, 0.05) is 43.2 Å². The Morgan fingerprint density at radius 1 is 1.31 bits per heavy atom. The van der Waals surface area contributed by atoms with Crippen molar-refractivity contribution in [2.75, 3.05) is 13.7 Å². The Balaban J connectivity index is 1.95. The van der Waals surface area contributed by atoms with Crippen LogP contribution in [0.15, 0.2) is 42.5 Å². The molecule has 1 amide bonds. The van der Waals surface area contributed by atoms with Crippen LogP contribution in [0.4, 0.5) is 5.69 Å². The molecule has 1 heterocycles. The molecule has 7 nitrogen and oxygen atoms in total. The maximum absolute atomic E-state index is 12.1. The fourth-order valence-electron chi connectivity index (χ4n) is 3.32. The summed E-state index contributed by atoms with van der Waals surface area (Å²) in [5.41, 5.74) is 8.18. The monoisotopic (exact) mass is 355 g/mol. The minimum atomic E-state index is -0.422. The summed E-state index contributed by atoms with van der Waals surface area (Å²) in [7, 11) is 1.56. The molecule has 1 aliphatic heterocycles. The van der Waals surface area contributed by atoms with Crippen LogP contribution >= 0.6 is 0 Å². The largest absolute Gasteiger partial charge is 0.496 e. The van der Waals surface area contributed by atoms with E-state index in [1.807, 2.05) is 18.2 Å². The molecular weight excluding hydrogens is 334 g/mol. The van der Waals surface area contributed by atoms with Gasteiger partial charge in [-0.15, -0.1) is 0 Å². The fourth-order valence-corrected chi connectivity index (χ4v) is 3.32. The predicted octanol–water partition coefficient (Wildman–Crippen LogP) is 2.72. The van der Waals surface area contributed by atoms with Crippen LogP contribution in [0.25, 0.3) is 11.1 Å². The van der Waals surface area contributed by atoms with E-state index in [9.17, 15) is 14.9 Å². The number of benzene rings is 2. The molecule has 1 atom stereocenters. The number of ether oxygens (including phenoxy) is 1. The molecule has 1 fully saturated rings. The van der Waals surface area contributed by atoms with Crippen molar-refractivity contribution in [2.24, 2.45) is 5.73 Å². The Bertz CT molecular complexity index is 837. The normalized spacial score (nSPS) is 16.8. The second-order valence-electron chi connectivity index (χ2n) is 6.29. The zero-order valence-electron chi connectivity index (χ0n) is 14.6. The molecule has 136 valence electrons. The molecule has 2 aromatic carbocycles. The standard InChI is InChI=1S/C19H21N3O4/c1-26-18-7-5-13(12-21-16(11-20)6-8-19(21)23)9-17(18)14-3-2-4-15(10-14)22(24)25/h2-5,7,9-10,16H,6,8,11-12,20H2,1H3. The smallest absolute Gasteiger partial charge is 0.270 e. The summed E-state index contributed by atoms with van der Waals surface area (Å²) < 4.78 is 5.42. The number of methoxy groups -OCH3 is 1. The van der Waals surface area contributed by atoms with Crippen molar-refractivity contribution >= 4 is 11.6 Å². The van der Waals surface area contributed by atoms with Gasteiger partial charge in [0.05, 0.1) is 12.0 Å². The number of carbonyl (C=O) groups excluding carboxylic acids is 1. The molecule has 3 rings (SSSR count). The number of nitrogens with zero attached hydrogens (tertiary/aromatic N) is 2. The van der Waals surface area contributed by atoms with Crippen LogP contribution in [-0.2, 0) is 11.3 Å². The summed E-state index contributed by atoms with van der Waals surface area (Å²) in [4.78, 5) is 24.6. The van der Waals surface area contributed by atoms with E-state index < -0.39 is 4.92 Å². The molecule has 0 aromatic heterocycles. The number of hydrogen-bond donors (Lipinski definition) is 1. The van der Waals surface area contributed by atoms with Crippen molar-refractivity contribution < 1.29 is 14.5 Å². The van der Waals surface area contributed by atoms with Crippen LogP contribution in [0.1, 0.15) is 18.4 Å². The molecule has 0 bridgehead atoms. The van der Waals surface area contributed by atoms with Crippen LogP contribution in [0.5, 0.6) is 5.75 Å². The lowest BCUT2D eigenvalue weighted by Crippen LogP contribution is -2.37. The summed E-state index contributed by atoms with van der Waals surface area (Å²) >= 11 is 0. The maximum Gasteiger partial charge on any atom is 0.270 e. The highest BCUT2D eigenvalue weighted by Gasteiger charge is 2.29. The van der Waals surface area contributed by atoms with Gasteiger partial charge in [-0.1, -0.05) is 18.2 Å². The third kappa shape index (κ3) is 3.52. The van der Waals surface area contributed by atoms with Crippen LogP contribution in [0.3, 0.4) is 0 Å². The number of nitrogens with two attached hydrogens (primary N) is 1. The van der Waals surface area contributed by atoms with Crippen molar-refractivity contribution in [1.82, 2.24) is 4.90 Å². The number of non-ortho nitro benzene ring substituents is 1. The van der Waals surface area contributed by atoms with Gasteiger partial charge in [0.1, 0.15) is 5.75 Å². The number of rotatable bonds is 6. The molecule has 1 unspecified atom stereocenters. The first-order valence-corrected chi connectivity index (χ1v) is 8.44. The zero-order chi connectivity index (χ0) is 18.7. The Labute approximate surface area is 151 Å². The van der Waals surface area contributed by atoms with Gasteiger partial charge in [-0.25, -0.2) is 0 Å². The van der Waals surface area contributed by atoms with Crippen molar-refractivity contribution in [1.29, 1.82) is 0 Å². The lowest BCUT2D eigenvalue weighted by atomic mass is 10.0. The number of amides is 1. The van der Waals surface area contributed by atoms with E-state index in [-0.39, 0.29) is 17.6 Å². The van der Waals surface area contributed by atoms with Gasteiger partial charge in [0.25, 0.3) is 5.69 Å². The lowest BCUT2D eigenvalue weighted by Gasteiger charge is -2.24. The van der Waals surface area contributed by atoms with Crippen molar-refractivity contribution in [3.05, 3.63) is 58.1 Å². The summed E-state index contributed by atoms with van der Waals surface area (Å²) in [5.74, 6) is 0.727.